The van der Waals surface area contributed by atoms with Crippen molar-refractivity contribution in [3.05, 3.63) is 28.2 Å². The Labute approximate surface area is 168 Å². The summed E-state index contributed by atoms with van der Waals surface area (Å²) in [5, 5.41) is 2.56. The molecule has 1 aromatic carbocycles. The largest absolute Gasteiger partial charge is 0.493 e. The van der Waals surface area contributed by atoms with Gasteiger partial charge in [0.1, 0.15) is 5.75 Å². The number of carbonyl (C=O) groups excluding carboxylic acids is 2. The van der Waals surface area contributed by atoms with Gasteiger partial charge in [-0.15, -0.1) is 0 Å². The summed E-state index contributed by atoms with van der Waals surface area (Å²) >= 11 is 8.39. The Balaban J connectivity index is 2.61. The molecule has 0 fully saturated rings. The Kier molecular flexibility index (Phi) is 10.9. The Morgan fingerprint density at radius 2 is 1.88 bits per heavy atom. The fourth-order valence-electron chi connectivity index (χ4n) is 2.13. The van der Waals surface area contributed by atoms with Gasteiger partial charge in [0, 0.05) is 10.9 Å². The number of halogens is 1. The van der Waals surface area contributed by atoms with Crippen LogP contribution in [0.25, 0.3) is 0 Å². The Morgan fingerprint density at radius 1 is 1.12 bits per heavy atom. The van der Waals surface area contributed by atoms with Gasteiger partial charge in [0.05, 0.1) is 12.2 Å². The Hall–Kier alpha value is -1.67. The molecule has 0 aliphatic rings. The number of ether oxygens (including phenoxy) is 1. The summed E-state index contributed by atoms with van der Waals surface area (Å²) < 4.78 is 6.52. The zero-order valence-electron chi connectivity index (χ0n) is 15.2. The molecule has 0 saturated heterocycles. The number of rotatable bonds is 9. The lowest BCUT2D eigenvalue weighted by Crippen LogP contribution is -2.48. The standard InChI is InChI=1S/C18H26BrN3O3S/c1-3-5-6-7-11-25-15-10-9-13(19)12-14(15)17(24)20-18(26)22-21-16(23)8-4-2/h9-10,12H,3-8,11H2,1-2H3,(H,21,23)(H2,20,22,24,26). The quantitative estimate of drug-likeness (QED) is 0.306. The minimum atomic E-state index is -0.405. The number of amides is 2. The fourth-order valence-corrected chi connectivity index (χ4v) is 2.64. The maximum atomic E-state index is 12.5. The molecule has 0 unspecified atom stereocenters. The average molecular weight is 444 g/mol. The normalized spacial score (nSPS) is 10.1. The van der Waals surface area contributed by atoms with E-state index >= 15 is 0 Å². The lowest BCUT2D eigenvalue weighted by molar-refractivity contribution is -0.121. The van der Waals surface area contributed by atoms with Gasteiger partial charge in [0.2, 0.25) is 5.91 Å². The molecule has 6 nitrogen and oxygen atoms in total. The second-order valence-electron chi connectivity index (χ2n) is 5.76. The maximum absolute atomic E-state index is 12.5. The summed E-state index contributed by atoms with van der Waals surface area (Å²) in [6, 6.07) is 5.24. The van der Waals surface area contributed by atoms with E-state index in [1.165, 1.54) is 6.42 Å². The van der Waals surface area contributed by atoms with Crippen LogP contribution in [0.15, 0.2) is 22.7 Å². The molecule has 0 radical (unpaired) electrons. The molecule has 26 heavy (non-hydrogen) atoms. The molecular weight excluding hydrogens is 418 g/mol. The van der Waals surface area contributed by atoms with Crippen LogP contribution >= 0.6 is 28.1 Å². The smallest absolute Gasteiger partial charge is 0.261 e. The van der Waals surface area contributed by atoms with Crippen molar-refractivity contribution in [3.8, 4) is 5.75 Å². The molecule has 144 valence electrons. The van der Waals surface area contributed by atoms with Crippen LogP contribution < -0.4 is 20.9 Å². The van der Waals surface area contributed by atoms with Crippen molar-refractivity contribution in [3.63, 3.8) is 0 Å². The number of hydrogen-bond acceptors (Lipinski definition) is 4. The minimum Gasteiger partial charge on any atom is -0.493 e. The number of carbonyl (C=O) groups is 2. The molecular formula is C18H26BrN3O3S. The molecule has 0 bridgehead atoms. The summed E-state index contributed by atoms with van der Waals surface area (Å²) in [5.41, 5.74) is 5.32. The third kappa shape index (κ3) is 8.62. The van der Waals surface area contributed by atoms with E-state index < -0.39 is 5.91 Å². The van der Waals surface area contributed by atoms with Crippen molar-refractivity contribution >= 4 is 45.1 Å². The third-order valence-corrected chi connectivity index (χ3v) is 4.16. The minimum absolute atomic E-state index is 0.0216. The summed E-state index contributed by atoms with van der Waals surface area (Å²) in [5.74, 6) is -0.0974. The predicted molar refractivity (Wildman–Crippen MR) is 110 cm³/mol. The highest BCUT2D eigenvalue weighted by Crippen LogP contribution is 2.23. The van der Waals surface area contributed by atoms with Gasteiger partial charge in [-0.25, -0.2) is 0 Å². The first-order valence-electron chi connectivity index (χ1n) is 8.80. The van der Waals surface area contributed by atoms with E-state index in [1.807, 2.05) is 13.0 Å². The van der Waals surface area contributed by atoms with E-state index in [0.29, 0.717) is 24.3 Å². The maximum Gasteiger partial charge on any atom is 0.261 e. The third-order valence-electron chi connectivity index (χ3n) is 3.46. The zero-order chi connectivity index (χ0) is 19.4. The SMILES string of the molecule is CCCCCCOc1ccc(Br)cc1C(=O)NC(=S)NNC(=O)CCC. The second-order valence-corrected chi connectivity index (χ2v) is 7.08. The second kappa shape index (κ2) is 12.6. The van der Waals surface area contributed by atoms with Crippen LogP contribution in [-0.4, -0.2) is 23.5 Å². The van der Waals surface area contributed by atoms with Crippen LogP contribution in [0.1, 0.15) is 62.7 Å². The van der Waals surface area contributed by atoms with Crippen molar-refractivity contribution in [1.82, 2.24) is 16.2 Å². The number of benzene rings is 1. The van der Waals surface area contributed by atoms with Gasteiger partial charge in [-0.3, -0.25) is 25.8 Å². The molecule has 0 saturated carbocycles. The van der Waals surface area contributed by atoms with Crippen molar-refractivity contribution in [2.45, 2.75) is 52.4 Å². The van der Waals surface area contributed by atoms with E-state index in [2.05, 4.69) is 39.0 Å². The molecule has 0 spiro atoms. The monoisotopic (exact) mass is 443 g/mol. The van der Waals surface area contributed by atoms with Crippen LogP contribution in [0.5, 0.6) is 5.75 Å². The first kappa shape index (κ1) is 22.4. The molecule has 0 aliphatic carbocycles. The van der Waals surface area contributed by atoms with Crippen LogP contribution in [-0.2, 0) is 4.79 Å². The predicted octanol–water partition coefficient (Wildman–Crippen LogP) is 3.84. The highest BCUT2D eigenvalue weighted by molar-refractivity contribution is 9.10. The number of hydrogen-bond donors (Lipinski definition) is 3. The molecule has 0 heterocycles. The highest BCUT2D eigenvalue weighted by atomic mass is 79.9. The first-order valence-corrected chi connectivity index (χ1v) is 10.0. The zero-order valence-corrected chi connectivity index (χ0v) is 17.6. The molecule has 1 aromatic rings. The van der Waals surface area contributed by atoms with Crippen LogP contribution in [0.3, 0.4) is 0 Å². The average Bonchev–Trinajstić information content (AvgIpc) is 2.61. The molecule has 3 N–H and O–H groups in total. The van der Waals surface area contributed by atoms with Gasteiger partial charge in [-0.2, -0.15) is 0 Å². The van der Waals surface area contributed by atoms with Crippen LogP contribution in [0.2, 0.25) is 0 Å². The van der Waals surface area contributed by atoms with E-state index in [0.717, 1.165) is 30.2 Å². The van der Waals surface area contributed by atoms with E-state index in [-0.39, 0.29) is 11.0 Å². The van der Waals surface area contributed by atoms with E-state index in [9.17, 15) is 9.59 Å². The molecule has 0 aromatic heterocycles. The number of hydrazine groups is 1. The van der Waals surface area contributed by atoms with Gasteiger partial charge in [-0.1, -0.05) is 49.0 Å². The summed E-state index contributed by atoms with van der Waals surface area (Å²) in [7, 11) is 0. The van der Waals surface area contributed by atoms with Gasteiger partial charge >= 0.3 is 0 Å². The van der Waals surface area contributed by atoms with Crippen molar-refractivity contribution in [1.29, 1.82) is 0 Å². The number of thiocarbonyl (C=S) groups is 1. The molecule has 2 amide bonds. The van der Waals surface area contributed by atoms with Crippen molar-refractivity contribution in [2.75, 3.05) is 6.61 Å². The van der Waals surface area contributed by atoms with Crippen LogP contribution in [0, 0.1) is 0 Å². The van der Waals surface area contributed by atoms with Gasteiger partial charge in [0.25, 0.3) is 5.91 Å². The molecule has 0 atom stereocenters. The Bertz CT molecular complexity index is 626. The molecule has 1 rings (SSSR count). The van der Waals surface area contributed by atoms with Gasteiger partial charge in [-0.05, 0) is 43.3 Å². The Morgan fingerprint density at radius 3 is 2.58 bits per heavy atom. The van der Waals surface area contributed by atoms with Gasteiger partial charge < -0.3 is 4.74 Å². The van der Waals surface area contributed by atoms with E-state index in [4.69, 9.17) is 17.0 Å². The summed E-state index contributed by atoms with van der Waals surface area (Å²) in [6.45, 7) is 4.61. The summed E-state index contributed by atoms with van der Waals surface area (Å²) in [6.07, 6.45) is 5.47. The van der Waals surface area contributed by atoms with E-state index in [1.54, 1.807) is 12.1 Å². The van der Waals surface area contributed by atoms with Crippen LogP contribution in [0.4, 0.5) is 0 Å². The molecule has 8 heteroatoms. The number of nitrogens with one attached hydrogen (secondary N) is 3. The lowest BCUT2D eigenvalue weighted by Gasteiger charge is -2.14. The summed E-state index contributed by atoms with van der Waals surface area (Å²) in [4.78, 5) is 23.9. The first-order chi connectivity index (χ1) is 12.5. The topological polar surface area (TPSA) is 79.5 Å². The number of unbranched alkanes of at least 4 members (excludes halogenated alkanes) is 3. The van der Waals surface area contributed by atoms with Gasteiger partial charge in [0.15, 0.2) is 5.11 Å². The highest BCUT2D eigenvalue weighted by Gasteiger charge is 2.15. The van der Waals surface area contributed by atoms with Crippen molar-refractivity contribution < 1.29 is 14.3 Å². The molecule has 0 aliphatic heterocycles. The fraction of sp³-hybridized carbons (Fsp3) is 0.500. The van der Waals surface area contributed by atoms with Crippen molar-refractivity contribution in [2.24, 2.45) is 0 Å². The lowest BCUT2D eigenvalue weighted by atomic mass is 10.2.